The predicted molar refractivity (Wildman–Crippen MR) is 80.7 cm³/mol. The summed E-state index contributed by atoms with van der Waals surface area (Å²) >= 11 is 0. The summed E-state index contributed by atoms with van der Waals surface area (Å²) in [7, 11) is 2.10. The van der Waals surface area contributed by atoms with E-state index in [-0.39, 0.29) is 11.7 Å². The van der Waals surface area contributed by atoms with Crippen molar-refractivity contribution >= 4 is 12.1 Å². The quantitative estimate of drug-likeness (QED) is 0.648. The fourth-order valence-corrected chi connectivity index (χ4v) is 2.14. The maximum absolute atomic E-state index is 13.3. The highest BCUT2D eigenvalue weighted by Crippen LogP contribution is 2.03. The van der Waals surface area contributed by atoms with Crippen LogP contribution in [0, 0.1) is 5.82 Å². The molecule has 0 atom stereocenters. The number of carbonyl (C=O) groups excluding carboxylic acids is 1. The Hall–Kier alpha value is -1.79. The number of rotatable bonds is 5. The van der Waals surface area contributed by atoms with Gasteiger partial charge < -0.3 is 9.80 Å². The average molecular weight is 292 g/mol. The van der Waals surface area contributed by atoms with Crippen molar-refractivity contribution in [1.29, 1.82) is 0 Å². The lowest BCUT2D eigenvalue weighted by molar-refractivity contribution is -0.121. The van der Waals surface area contributed by atoms with Crippen LogP contribution in [0.25, 0.3) is 0 Å². The maximum Gasteiger partial charge on any atom is 0.241 e. The third kappa shape index (κ3) is 5.24. The molecule has 2 rings (SSSR count). The van der Waals surface area contributed by atoms with Gasteiger partial charge in [0.05, 0.1) is 6.21 Å². The molecular formula is C15H21FN4O. The number of amides is 1. The molecule has 1 aliphatic rings. The molecule has 0 unspecified atom stereocenters. The molecule has 0 aromatic heterocycles. The van der Waals surface area contributed by atoms with Gasteiger partial charge in [0, 0.05) is 44.7 Å². The number of benzene rings is 1. The van der Waals surface area contributed by atoms with Gasteiger partial charge in [-0.2, -0.15) is 5.10 Å². The van der Waals surface area contributed by atoms with Crippen LogP contribution in [0.3, 0.4) is 0 Å². The Morgan fingerprint density at radius 2 is 2.05 bits per heavy atom. The zero-order valence-electron chi connectivity index (χ0n) is 12.3. The van der Waals surface area contributed by atoms with E-state index in [4.69, 9.17) is 0 Å². The van der Waals surface area contributed by atoms with Gasteiger partial charge in [-0.25, -0.2) is 9.82 Å². The number of nitrogens with zero attached hydrogens (tertiary/aromatic N) is 3. The Labute approximate surface area is 124 Å². The number of halogens is 1. The molecule has 1 aliphatic heterocycles. The zero-order valence-corrected chi connectivity index (χ0v) is 12.3. The molecule has 114 valence electrons. The fraction of sp³-hybridized carbons (Fsp3) is 0.467. The molecule has 0 radical (unpaired) electrons. The van der Waals surface area contributed by atoms with E-state index in [2.05, 4.69) is 27.4 Å². The van der Waals surface area contributed by atoms with Crippen LogP contribution >= 0.6 is 0 Å². The van der Waals surface area contributed by atoms with E-state index in [1.54, 1.807) is 18.2 Å². The lowest BCUT2D eigenvalue weighted by Crippen LogP contribution is -2.45. The summed E-state index contributed by atoms with van der Waals surface area (Å²) in [6, 6.07) is 6.30. The van der Waals surface area contributed by atoms with Crippen molar-refractivity contribution in [2.45, 2.75) is 6.42 Å². The number of piperazine rings is 1. The van der Waals surface area contributed by atoms with Gasteiger partial charge in [-0.3, -0.25) is 4.79 Å². The Morgan fingerprint density at radius 3 is 2.76 bits per heavy atom. The second-order valence-electron chi connectivity index (χ2n) is 5.21. The summed E-state index contributed by atoms with van der Waals surface area (Å²) in [5.74, 6) is -0.505. The van der Waals surface area contributed by atoms with Crippen molar-refractivity contribution in [3.05, 3.63) is 35.6 Å². The second-order valence-corrected chi connectivity index (χ2v) is 5.21. The summed E-state index contributed by atoms with van der Waals surface area (Å²) in [5, 5.41) is 3.79. The van der Waals surface area contributed by atoms with E-state index in [0.29, 0.717) is 12.0 Å². The van der Waals surface area contributed by atoms with Crippen LogP contribution in [0.15, 0.2) is 29.4 Å². The monoisotopic (exact) mass is 292 g/mol. The predicted octanol–water partition coefficient (Wildman–Crippen LogP) is 0.913. The van der Waals surface area contributed by atoms with E-state index >= 15 is 0 Å². The average Bonchev–Trinajstić information content (AvgIpc) is 2.49. The van der Waals surface area contributed by atoms with Crippen LogP contribution in [0.5, 0.6) is 0 Å². The first-order valence-electron chi connectivity index (χ1n) is 7.12. The number of hydrogen-bond acceptors (Lipinski definition) is 4. The van der Waals surface area contributed by atoms with Crippen LogP contribution in [0.2, 0.25) is 0 Å². The number of nitrogens with one attached hydrogen (secondary N) is 1. The molecular weight excluding hydrogens is 271 g/mol. The molecule has 1 amide bonds. The minimum absolute atomic E-state index is 0.151. The van der Waals surface area contributed by atoms with E-state index in [1.165, 1.54) is 12.3 Å². The molecule has 1 aromatic carbocycles. The van der Waals surface area contributed by atoms with Gasteiger partial charge in [-0.1, -0.05) is 18.2 Å². The lowest BCUT2D eigenvalue weighted by atomic mass is 10.2. The largest absolute Gasteiger partial charge is 0.304 e. The molecule has 21 heavy (non-hydrogen) atoms. The van der Waals surface area contributed by atoms with Crippen LogP contribution in [-0.4, -0.2) is 61.7 Å². The summed E-state index contributed by atoms with van der Waals surface area (Å²) in [5.41, 5.74) is 2.79. The van der Waals surface area contributed by atoms with Gasteiger partial charge in [0.2, 0.25) is 5.91 Å². The molecule has 0 bridgehead atoms. The zero-order chi connectivity index (χ0) is 15.1. The first-order chi connectivity index (χ1) is 10.1. The highest BCUT2D eigenvalue weighted by Gasteiger charge is 2.14. The highest BCUT2D eigenvalue weighted by molar-refractivity contribution is 5.82. The number of hydrazone groups is 1. The number of carbonyl (C=O) groups is 1. The van der Waals surface area contributed by atoms with Crippen molar-refractivity contribution in [2.24, 2.45) is 5.10 Å². The fourth-order valence-electron chi connectivity index (χ4n) is 2.14. The molecule has 1 N–H and O–H groups in total. The van der Waals surface area contributed by atoms with Gasteiger partial charge in [-0.15, -0.1) is 0 Å². The van der Waals surface area contributed by atoms with E-state index < -0.39 is 0 Å². The number of likely N-dealkylation sites (N-methyl/N-ethyl adjacent to an activating group) is 1. The van der Waals surface area contributed by atoms with E-state index in [9.17, 15) is 9.18 Å². The first kappa shape index (κ1) is 15.6. The minimum Gasteiger partial charge on any atom is -0.304 e. The summed E-state index contributed by atoms with van der Waals surface area (Å²) in [6.45, 7) is 4.78. The summed E-state index contributed by atoms with van der Waals surface area (Å²) in [4.78, 5) is 16.2. The van der Waals surface area contributed by atoms with Crippen molar-refractivity contribution in [1.82, 2.24) is 15.2 Å². The normalized spacial score (nSPS) is 17.2. The number of hydrogen-bond donors (Lipinski definition) is 1. The maximum atomic E-state index is 13.3. The smallest absolute Gasteiger partial charge is 0.241 e. The summed E-state index contributed by atoms with van der Waals surface area (Å²) in [6.07, 6.45) is 1.72. The minimum atomic E-state index is -0.354. The molecule has 1 heterocycles. The molecule has 1 fully saturated rings. The lowest BCUT2D eigenvalue weighted by Gasteiger charge is -2.32. The van der Waals surface area contributed by atoms with Crippen LogP contribution in [0.1, 0.15) is 12.0 Å². The third-order valence-electron chi connectivity index (χ3n) is 3.55. The van der Waals surface area contributed by atoms with Crippen LogP contribution in [-0.2, 0) is 4.79 Å². The van der Waals surface area contributed by atoms with Crippen LogP contribution in [0.4, 0.5) is 4.39 Å². The van der Waals surface area contributed by atoms with E-state index in [1.807, 2.05) is 0 Å². The Balaban J connectivity index is 1.69. The topological polar surface area (TPSA) is 47.9 Å². The van der Waals surface area contributed by atoms with Gasteiger partial charge >= 0.3 is 0 Å². The third-order valence-corrected chi connectivity index (χ3v) is 3.55. The molecule has 0 aliphatic carbocycles. The van der Waals surface area contributed by atoms with Crippen molar-refractivity contribution < 1.29 is 9.18 Å². The Morgan fingerprint density at radius 1 is 1.33 bits per heavy atom. The Bertz CT molecular complexity index is 498. The molecule has 0 saturated carbocycles. The SMILES string of the molecule is CN1CCN(CCC(=O)N/N=C\c2ccccc2F)CC1. The molecule has 6 heteroatoms. The van der Waals surface area contributed by atoms with Gasteiger partial charge in [0.15, 0.2) is 0 Å². The highest BCUT2D eigenvalue weighted by atomic mass is 19.1. The van der Waals surface area contributed by atoms with Crippen molar-refractivity contribution in [3.8, 4) is 0 Å². The van der Waals surface area contributed by atoms with Gasteiger partial charge in [-0.05, 0) is 13.1 Å². The Kier molecular flexibility index (Phi) is 5.83. The van der Waals surface area contributed by atoms with E-state index in [0.717, 1.165) is 32.7 Å². The molecule has 1 aromatic rings. The van der Waals surface area contributed by atoms with Crippen LogP contribution < -0.4 is 5.43 Å². The van der Waals surface area contributed by atoms with Crippen molar-refractivity contribution in [3.63, 3.8) is 0 Å². The van der Waals surface area contributed by atoms with Gasteiger partial charge in [0.25, 0.3) is 0 Å². The van der Waals surface area contributed by atoms with Crippen molar-refractivity contribution in [2.75, 3.05) is 39.8 Å². The second kappa shape index (κ2) is 7.85. The standard InChI is InChI=1S/C15H21FN4O/c1-19-8-10-20(11-9-19)7-6-15(21)18-17-12-13-4-2-3-5-14(13)16/h2-5,12H,6-11H2,1H3,(H,18,21)/b17-12-. The molecule has 0 spiro atoms. The molecule has 5 nitrogen and oxygen atoms in total. The first-order valence-corrected chi connectivity index (χ1v) is 7.12. The summed E-state index contributed by atoms with van der Waals surface area (Å²) < 4.78 is 13.3. The molecule has 1 saturated heterocycles. The van der Waals surface area contributed by atoms with Gasteiger partial charge in [0.1, 0.15) is 5.82 Å².